The molecule has 1 atom stereocenters. The molecular formula is C18H12Cl2N6O4. The minimum absolute atomic E-state index is 0.0223. The number of ether oxygens (including phenoxy) is 1. The zero-order valence-electron chi connectivity index (χ0n) is 17.2. The summed E-state index contributed by atoms with van der Waals surface area (Å²) in [5.74, 6) is -0.261. The molecule has 1 unspecified atom stereocenters. The van der Waals surface area contributed by atoms with Gasteiger partial charge in [0.15, 0.2) is 5.75 Å². The van der Waals surface area contributed by atoms with E-state index >= 15 is 0 Å². The summed E-state index contributed by atoms with van der Waals surface area (Å²) >= 11 is 12.6. The maximum Gasteiger partial charge on any atom is 0.349 e. The van der Waals surface area contributed by atoms with Crippen LogP contribution in [-0.2, 0) is 6.42 Å². The number of halogens is 2. The Morgan fingerprint density at radius 3 is 2.67 bits per heavy atom. The zero-order chi connectivity index (χ0) is 23.3. The highest BCUT2D eigenvalue weighted by atomic mass is 35.5. The van der Waals surface area contributed by atoms with Crippen molar-refractivity contribution in [3.63, 3.8) is 0 Å². The lowest BCUT2D eigenvalue weighted by molar-refractivity contribution is 0.444. The number of aromatic amines is 2. The number of benzene rings is 1. The van der Waals surface area contributed by atoms with Gasteiger partial charge in [0.25, 0.3) is 11.1 Å². The largest absolute Gasteiger partial charge is 0.434 e. The molecule has 1 aromatic carbocycles. The van der Waals surface area contributed by atoms with Crippen molar-refractivity contribution in [2.45, 2.75) is 25.7 Å². The number of nitrogens with zero attached hydrogens (tertiary/aromatic N) is 4. The highest BCUT2D eigenvalue weighted by Crippen LogP contribution is 2.42. The summed E-state index contributed by atoms with van der Waals surface area (Å²) in [4.78, 5) is 37.7. The van der Waals surface area contributed by atoms with E-state index in [2.05, 4.69) is 15.3 Å². The molecule has 12 heteroatoms. The lowest BCUT2D eigenvalue weighted by atomic mass is 10.1. The van der Waals surface area contributed by atoms with Crippen molar-refractivity contribution < 1.29 is 7.48 Å². The fourth-order valence-corrected chi connectivity index (χ4v) is 3.68. The maximum absolute atomic E-state index is 12.2. The smallest absolute Gasteiger partial charge is 0.349 e. The lowest BCUT2D eigenvalue weighted by Gasteiger charge is -2.14. The van der Waals surface area contributed by atoms with Crippen LogP contribution in [0.2, 0.25) is 10.0 Å². The van der Waals surface area contributed by atoms with Gasteiger partial charge in [-0.05, 0) is 30.8 Å². The quantitative estimate of drug-likeness (QED) is 0.622. The van der Waals surface area contributed by atoms with E-state index in [-0.39, 0.29) is 33.2 Å². The van der Waals surface area contributed by atoms with Crippen LogP contribution in [0.5, 0.6) is 11.6 Å². The molecule has 2 aromatic heterocycles. The Kier molecular flexibility index (Phi) is 4.32. The predicted molar refractivity (Wildman–Crippen MR) is 107 cm³/mol. The van der Waals surface area contributed by atoms with Crippen molar-refractivity contribution in [1.29, 1.82) is 5.26 Å². The SMILES string of the molecule is [2H]c1c(Cl)c(Oc2n[nH]c(=O)c3c2C(C)CC3)c(Cl)c([2H])c1-n1nc(C#N)c(=O)[nH]c1=O. The van der Waals surface area contributed by atoms with Crippen molar-refractivity contribution >= 4 is 23.2 Å². The van der Waals surface area contributed by atoms with E-state index in [0.717, 1.165) is 6.42 Å². The molecule has 0 saturated heterocycles. The third-order valence-electron chi connectivity index (χ3n) is 4.61. The number of hydrogen-bond acceptors (Lipinski definition) is 7. The molecule has 0 radical (unpaired) electrons. The monoisotopic (exact) mass is 448 g/mol. The van der Waals surface area contributed by atoms with Gasteiger partial charge in [0.05, 0.1) is 18.5 Å². The Bertz CT molecular complexity index is 1480. The van der Waals surface area contributed by atoms with E-state index < -0.39 is 34.7 Å². The lowest BCUT2D eigenvalue weighted by Crippen LogP contribution is -2.33. The zero-order valence-corrected chi connectivity index (χ0v) is 16.7. The second-order valence-electron chi connectivity index (χ2n) is 6.48. The van der Waals surface area contributed by atoms with Crippen LogP contribution in [0.25, 0.3) is 5.69 Å². The van der Waals surface area contributed by atoms with Crippen LogP contribution < -0.4 is 21.5 Å². The minimum Gasteiger partial charge on any atom is -0.434 e. The Morgan fingerprint density at radius 1 is 1.30 bits per heavy atom. The van der Waals surface area contributed by atoms with Crippen molar-refractivity contribution in [3.8, 4) is 23.4 Å². The molecular weight excluding hydrogens is 435 g/mol. The summed E-state index contributed by atoms with van der Waals surface area (Å²) in [5.41, 5.74) is -2.45. The average molecular weight is 449 g/mol. The fourth-order valence-electron chi connectivity index (χ4n) is 3.19. The summed E-state index contributed by atoms with van der Waals surface area (Å²) in [5, 5.41) is 18.1. The van der Waals surface area contributed by atoms with Crippen LogP contribution in [0.1, 0.15) is 38.8 Å². The Labute approximate surface area is 180 Å². The van der Waals surface area contributed by atoms with Gasteiger partial charge >= 0.3 is 5.69 Å². The van der Waals surface area contributed by atoms with Gasteiger partial charge in [0.2, 0.25) is 11.6 Å². The molecule has 2 heterocycles. The van der Waals surface area contributed by atoms with Gasteiger partial charge < -0.3 is 4.74 Å². The number of nitrogens with one attached hydrogen (secondary N) is 2. The molecule has 30 heavy (non-hydrogen) atoms. The Hall–Kier alpha value is -3.42. The first-order valence-corrected chi connectivity index (χ1v) is 9.32. The summed E-state index contributed by atoms with van der Waals surface area (Å²) < 4.78 is 22.9. The molecule has 0 bridgehead atoms. The summed E-state index contributed by atoms with van der Waals surface area (Å²) in [6.45, 7) is 1.90. The molecule has 0 amide bonds. The van der Waals surface area contributed by atoms with Gasteiger partial charge in [-0.15, -0.1) is 10.2 Å². The number of hydrogen-bond donors (Lipinski definition) is 2. The number of nitriles is 1. The third-order valence-corrected chi connectivity index (χ3v) is 5.14. The van der Waals surface area contributed by atoms with Crippen LogP contribution >= 0.6 is 23.2 Å². The molecule has 3 aromatic rings. The van der Waals surface area contributed by atoms with Crippen molar-refractivity contribution in [1.82, 2.24) is 25.0 Å². The predicted octanol–water partition coefficient (Wildman–Crippen LogP) is 2.02. The van der Waals surface area contributed by atoms with Crippen LogP contribution in [0.4, 0.5) is 0 Å². The molecule has 0 spiro atoms. The van der Waals surface area contributed by atoms with Gasteiger partial charge in [0.1, 0.15) is 6.07 Å². The average Bonchev–Trinajstić information content (AvgIpc) is 3.15. The summed E-state index contributed by atoms with van der Waals surface area (Å²) in [6.07, 6.45) is 1.26. The first kappa shape index (κ1) is 17.4. The van der Waals surface area contributed by atoms with Gasteiger partial charge in [0, 0.05) is 11.1 Å². The van der Waals surface area contributed by atoms with Crippen molar-refractivity contribution in [3.05, 3.63) is 70.1 Å². The maximum atomic E-state index is 12.2. The van der Waals surface area contributed by atoms with Crippen molar-refractivity contribution in [2.24, 2.45) is 0 Å². The normalized spacial score (nSPS) is 15.9. The number of fused-ring (bicyclic) bond motifs is 1. The molecule has 10 nitrogen and oxygen atoms in total. The topological polar surface area (TPSA) is 147 Å². The molecule has 0 fully saturated rings. The minimum atomic E-state index is -1.09. The fraction of sp³-hybridized carbons (Fsp3) is 0.222. The van der Waals surface area contributed by atoms with Gasteiger partial charge in [-0.2, -0.15) is 9.94 Å². The molecule has 1 aliphatic rings. The van der Waals surface area contributed by atoms with E-state index in [1.165, 1.54) is 6.07 Å². The highest BCUT2D eigenvalue weighted by Gasteiger charge is 2.28. The Morgan fingerprint density at radius 2 is 2.00 bits per heavy atom. The number of aromatic nitrogens is 5. The second kappa shape index (κ2) is 7.44. The van der Waals surface area contributed by atoms with E-state index in [4.69, 9.17) is 35.9 Å². The van der Waals surface area contributed by atoms with E-state index in [1.54, 1.807) is 0 Å². The van der Waals surface area contributed by atoms with E-state index in [9.17, 15) is 14.4 Å². The van der Waals surface area contributed by atoms with Crippen molar-refractivity contribution in [2.75, 3.05) is 0 Å². The molecule has 2 N–H and O–H groups in total. The third kappa shape index (κ3) is 3.28. The van der Waals surface area contributed by atoms with E-state index in [1.807, 2.05) is 11.9 Å². The highest BCUT2D eigenvalue weighted by molar-refractivity contribution is 6.37. The van der Waals surface area contributed by atoms with Crippen LogP contribution in [0.3, 0.4) is 0 Å². The molecule has 152 valence electrons. The van der Waals surface area contributed by atoms with E-state index in [0.29, 0.717) is 22.2 Å². The Balaban J connectivity index is 1.91. The van der Waals surface area contributed by atoms with Gasteiger partial charge in [-0.1, -0.05) is 30.1 Å². The van der Waals surface area contributed by atoms with Crippen LogP contribution in [0.15, 0.2) is 26.5 Å². The standard InChI is InChI=1S/C18H12Cl2N6O4/c1-7-2-3-9-13(7)17(24-23-15(9)27)30-14-10(19)4-8(5-11(14)20)26-18(29)22-16(28)12(6-21)25-26/h4-5,7H,2-3H2,1H3,(H,23,27)(H,22,28,29)/i4D,5D. The number of rotatable bonds is 3. The first-order chi connectivity index (χ1) is 15.1. The summed E-state index contributed by atoms with van der Waals surface area (Å²) in [7, 11) is 0. The van der Waals surface area contributed by atoms with Crippen LogP contribution in [0, 0.1) is 11.3 Å². The van der Waals surface area contributed by atoms with Crippen LogP contribution in [-0.4, -0.2) is 25.0 Å². The van der Waals surface area contributed by atoms with Gasteiger partial charge in [-0.3, -0.25) is 14.6 Å². The number of H-pyrrole nitrogens is 2. The molecule has 4 rings (SSSR count). The molecule has 0 saturated carbocycles. The molecule has 0 aliphatic heterocycles. The summed E-state index contributed by atoms with van der Waals surface area (Å²) in [6, 6.07) is 0.393. The second-order valence-corrected chi connectivity index (χ2v) is 7.24. The first-order valence-electron chi connectivity index (χ1n) is 9.57. The molecule has 1 aliphatic carbocycles. The van der Waals surface area contributed by atoms with Gasteiger partial charge in [-0.25, -0.2) is 9.89 Å².